The van der Waals surface area contributed by atoms with Gasteiger partial charge in [0, 0.05) is 29.6 Å². The maximum Gasteiger partial charge on any atom is 0.355 e. The molecular weight excluding hydrogens is 348 g/mol. The predicted octanol–water partition coefficient (Wildman–Crippen LogP) is 3.08. The molecule has 138 valence electrons. The van der Waals surface area contributed by atoms with Gasteiger partial charge >= 0.3 is 5.97 Å². The molecule has 1 heterocycles. The number of amides is 1. The Morgan fingerprint density at radius 1 is 1.00 bits per heavy atom. The van der Waals surface area contributed by atoms with Crippen LogP contribution in [0, 0.1) is 0 Å². The van der Waals surface area contributed by atoms with Gasteiger partial charge < -0.3 is 14.8 Å². The molecule has 0 aliphatic heterocycles. The lowest BCUT2D eigenvalue weighted by atomic mass is 10.2. The first-order valence-electron chi connectivity index (χ1n) is 8.15. The van der Waals surface area contributed by atoms with Gasteiger partial charge in [0.1, 0.15) is 11.4 Å². The second-order valence-electron chi connectivity index (χ2n) is 5.82. The maximum atomic E-state index is 13.1. The molecule has 0 radical (unpaired) electrons. The average molecular weight is 366 g/mol. The van der Waals surface area contributed by atoms with E-state index in [0.29, 0.717) is 27.9 Å². The van der Waals surface area contributed by atoms with Gasteiger partial charge in [-0.25, -0.2) is 4.79 Å². The quantitative estimate of drug-likeness (QED) is 0.717. The summed E-state index contributed by atoms with van der Waals surface area (Å²) in [6.07, 6.45) is 0. The Bertz CT molecular complexity index is 1040. The van der Waals surface area contributed by atoms with Crippen molar-refractivity contribution in [1.29, 1.82) is 0 Å². The van der Waals surface area contributed by atoms with Gasteiger partial charge in [0.2, 0.25) is 5.91 Å². The molecular formula is C20H18N2O5. The SMILES string of the molecule is COC(=O)c1cc2c(OC)cc(NC(C)=O)cc2n1C(=O)c1ccccc1. The topological polar surface area (TPSA) is 86.6 Å². The van der Waals surface area contributed by atoms with E-state index >= 15 is 0 Å². The number of fused-ring (bicyclic) bond motifs is 1. The standard InChI is InChI=1S/C20H18N2O5/c1-12(23)21-14-9-16-15(18(10-14)26-2)11-17(20(25)27-3)22(16)19(24)13-7-5-4-6-8-13/h4-11H,1-3H3,(H,21,23). The van der Waals surface area contributed by atoms with E-state index in [0.717, 1.165) is 0 Å². The predicted molar refractivity (Wildman–Crippen MR) is 100 cm³/mol. The fourth-order valence-corrected chi connectivity index (χ4v) is 2.90. The van der Waals surface area contributed by atoms with Crippen LogP contribution in [0.2, 0.25) is 0 Å². The van der Waals surface area contributed by atoms with Crippen LogP contribution < -0.4 is 10.1 Å². The summed E-state index contributed by atoms with van der Waals surface area (Å²) in [5.41, 5.74) is 1.35. The molecule has 27 heavy (non-hydrogen) atoms. The first kappa shape index (κ1) is 18.2. The van der Waals surface area contributed by atoms with Crippen molar-refractivity contribution in [3.63, 3.8) is 0 Å². The first-order chi connectivity index (χ1) is 13.0. The van der Waals surface area contributed by atoms with Crippen LogP contribution in [0.15, 0.2) is 48.5 Å². The molecule has 0 saturated carbocycles. The summed E-state index contributed by atoms with van der Waals surface area (Å²) in [7, 11) is 2.72. The Morgan fingerprint density at radius 2 is 1.70 bits per heavy atom. The number of benzene rings is 2. The first-order valence-corrected chi connectivity index (χ1v) is 8.15. The fourth-order valence-electron chi connectivity index (χ4n) is 2.90. The third kappa shape index (κ3) is 3.39. The summed E-state index contributed by atoms with van der Waals surface area (Å²) in [6, 6.07) is 13.4. The van der Waals surface area contributed by atoms with E-state index in [4.69, 9.17) is 9.47 Å². The molecule has 0 atom stereocenters. The molecule has 0 aliphatic carbocycles. The number of anilines is 1. The van der Waals surface area contributed by atoms with E-state index in [1.807, 2.05) is 0 Å². The number of nitrogens with zero attached hydrogens (tertiary/aromatic N) is 1. The van der Waals surface area contributed by atoms with E-state index in [-0.39, 0.29) is 11.6 Å². The lowest BCUT2D eigenvalue weighted by Gasteiger charge is -2.11. The van der Waals surface area contributed by atoms with Gasteiger partial charge in [-0.3, -0.25) is 14.2 Å². The van der Waals surface area contributed by atoms with Gasteiger partial charge in [0.25, 0.3) is 5.91 Å². The zero-order valence-electron chi connectivity index (χ0n) is 15.1. The van der Waals surface area contributed by atoms with Crippen LogP contribution in [0.1, 0.15) is 27.8 Å². The highest BCUT2D eigenvalue weighted by Crippen LogP contribution is 2.33. The number of hydrogen-bond donors (Lipinski definition) is 1. The number of nitrogens with one attached hydrogen (secondary N) is 1. The van der Waals surface area contributed by atoms with E-state index in [2.05, 4.69) is 5.32 Å². The number of carbonyl (C=O) groups is 3. The van der Waals surface area contributed by atoms with Gasteiger partial charge in [-0.15, -0.1) is 0 Å². The monoisotopic (exact) mass is 366 g/mol. The van der Waals surface area contributed by atoms with Crippen molar-refractivity contribution in [3.8, 4) is 5.75 Å². The molecule has 7 nitrogen and oxygen atoms in total. The summed E-state index contributed by atoms with van der Waals surface area (Å²) in [4.78, 5) is 36.9. The van der Waals surface area contributed by atoms with Crippen molar-refractivity contribution in [2.75, 3.05) is 19.5 Å². The smallest absolute Gasteiger partial charge is 0.355 e. The number of carbonyl (C=O) groups excluding carboxylic acids is 3. The molecule has 1 N–H and O–H groups in total. The number of hydrogen-bond acceptors (Lipinski definition) is 5. The third-order valence-corrected chi connectivity index (χ3v) is 4.04. The molecule has 0 aliphatic rings. The summed E-state index contributed by atoms with van der Waals surface area (Å²) in [5.74, 6) is -0.898. The van der Waals surface area contributed by atoms with E-state index in [1.165, 1.54) is 25.7 Å². The van der Waals surface area contributed by atoms with E-state index < -0.39 is 11.9 Å². The normalized spacial score (nSPS) is 10.5. The molecule has 0 spiro atoms. The van der Waals surface area contributed by atoms with Crippen LogP contribution in [0.5, 0.6) is 5.75 Å². The second-order valence-corrected chi connectivity index (χ2v) is 5.82. The van der Waals surface area contributed by atoms with Gasteiger partial charge in [-0.05, 0) is 24.3 Å². The van der Waals surface area contributed by atoms with Crippen LogP contribution in [-0.2, 0) is 9.53 Å². The van der Waals surface area contributed by atoms with Crippen molar-refractivity contribution in [2.24, 2.45) is 0 Å². The summed E-state index contributed by atoms with van der Waals surface area (Å²) in [5, 5.41) is 3.22. The van der Waals surface area contributed by atoms with Crippen molar-refractivity contribution in [3.05, 3.63) is 59.8 Å². The lowest BCUT2D eigenvalue weighted by Crippen LogP contribution is -2.18. The minimum atomic E-state index is -0.654. The molecule has 0 bridgehead atoms. The van der Waals surface area contributed by atoms with Crippen molar-refractivity contribution < 1.29 is 23.9 Å². The molecule has 0 unspecified atom stereocenters. The molecule has 3 aromatic rings. The number of rotatable bonds is 4. The van der Waals surface area contributed by atoms with Crippen LogP contribution in [0.3, 0.4) is 0 Å². The molecule has 0 saturated heterocycles. The third-order valence-electron chi connectivity index (χ3n) is 4.04. The summed E-state index contributed by atoms with van der Waals surface area (Å²) in [6.45, 7) is 1.38. The maximum absolute atomic E-state index is 13.1. The van der Waals surface area contributed by atoms with Crippen LogP contribution in [0.4, 0.5) is 5.69 Å². The van der Waals surface area contributed by atoms with Gasteiger partial charge in [-0.1, -0.05) is 18.2 Å². The average Bonchev–Trinajstić information content (AvgIpc) is 3.05. The molecule has 3 rings (SSSR count). The van der Waals surface area contributed by atoms with Crippen molar-refractivity contribution >= 4 is 34.4 Å². The Hall–Kier alpha value is -3.61. The van der Waals surface area contributed by atoms with E-state index in [1.54, 1.807) is 48.5 Å². The zero-order chi connectivity index (χ0) is 19.6. The Kier molecular flexibility index (Phi) is 4.94. The minimum absolute atomic E-state index is 0.0691. The zero-order valence-corrected chi connectivity index (χ0v) is 15.1. The highest BCUT2D eigenvalue weighted by molar-refractivity contribution is 6.10. The molecule has 2 aromatic carbocycles. The number of aromatic nitrogens is 1. The van der Waals surface area contributed by atoms with Crippen molar-refractivity contribution in [1.82, 2.24) is 4.57 Å². The molecule has 7 heteroatoms. The highest BCUT2D eigenvalue weighted by atomic mass is 16.5. The Morgan fingerprint density at radius 3 is 2.30 bits per heavy atom. The second kappa shape index (κ2) is 7.33. The highest BCUT2D eigenvalue weighted by Gasteiger charge is 2.24. The minimum Gasteiger partial charge on any atom is -0.496 e. The summed E-state index contributed by atoms with van der Waals surface area (Å²) < 4.78 is 11.5. The molecule has 1 aromatic heterocycles. The Labute approximate surface area is 155 Å². The van der Waals surface area contributed by atoms with Gasteiger partial charge in [0.15, 0.2) is 0 Å². The number of ether oxygens (including phenoxy) is 2. The summed E-state index contributed by atoms with van der Waals surface area (Å²) >= 11 is 0. The van der Waals surface area contributed by atoms with Crippen LogP contribution in [-0.4, -0.2) is 36.6 Å². The number of esters is 1. The number of methoxy groups -OCH3 is 2. The molecule has 1 amide bonds. The van der Waals surface area contributed by atoms with Gasteiger partial charge in [0.05, 0.1) is 19.7 Å². The lowest BCUT2D eigenvalue weighted by molar-refractivity contribution is -0.114. The Balaban J connectivity index is 2.32. The van der Waals surface area contributed by atoms with Gasteiger partial charge in [-0.2, -0.15) is 0 Å². The van der Waals surface area contributed by atoms with E-state index in [9.17, 15) is 14.4 Å². The molecule has 0 fully saturated rings. The largest absolute Gasteiger partial charge is 0.496 e. The fraction of sp³-hybridized carbons (Fsp3) is 0.150. The van der Waals surface area contributed by atoms with Crippen molar-refractivity contribution in [2.45, 2.75) is 6.92 Å². The van der Waals surface area contributed by atoms with Crippen LogP contribution in [0.25, 0.3) is 10.9 Å². The van der Waals surface area contributed by atoms with Crippen LogP contribution >= 0.6 is 0 Å².